The van der Waals surface area contributed by atoms with Crippen LogP contribution in [0.3, 0.4) is 0 Å². The van der Waals surface area contributed by atoms with Gasteiger partial charge in [0.2, 0.25) is 5.91 Å². The van der Waals surface area contributed by atoms with Crippen LogP contribution in [0.5, 0.6) is 0 Å². The molecule has 1 atom stereocenters. The second-order valence-corrected chi connectivity index (χ2v) is 7.37. The SMILES string of the molecule is CNC(=O)[C@H](C)NC(=O)c1ccc(-c2ccccc2C#N)nc1NCCc1cccc(F)c1. The van der Waals surface area contributed by atoms with Gasteiger partial charge in [-0.1, -0.05) is 30.3 Å². The molecule has 3 rings (SSSR count). The van der Waals surface area contributed by atoms with Crippen LogP contribution in [0.25, 0.3) is 11.3 Å². The standard InChI is InChI=1S/C25H24FN5O2/c1-16(24(32)28-2)30-25(33)21-10-11-22(20-9-4-3-7-18(20)15-27)31-23(21)29-13-12-17-6-5-8-19(26)14-17/h3-11,14,16H,12-13H2,1-2H3,(H,28,32)(H,29,31)(H,30,33)/t16-/m0/s1. The number of nitriles is 1. The Kier molecular flexibility index (Phi) is 7.71. The molecule has 0 aliphatic heterocycles. The molecule has 2 amide bonds. The van der Waals surface area contributed by atoms with Gasteiger partial charge in [0.15, 0.2) is 0 Å². The summed E-state index contributed by atoms with van der Waals surface area (Å²) in [5.74, 6) is -0.800. The van der Waals surface area contributed by atoms with Gasteiger partial charge in [-0.15, -0.1) is 0 Å². The molecule has 1 aromatic heterocycles. The van der Waals surface area contributed by atoms with Gasteiger partial charge in [-0.3, -0.25) is 9.59 Å². The Morgan fingerprint density at radius 1 is 1.12 bits per heavy atom. The number of benzene rings is 2. The normalized spacial score (nSPS) is 11.2. The van der Waals surface area contributed by atoms with Crippen LogP contribution in [0.4, 0.5) is 10.2 Å². The third kappa shape index (κ3) is 5.92. The van der Waals surface area contributed by atoms with Gasteiger partial charge in [-0.05, 0) is 49.2 Å². The van der Waals surface area contributed by atoms with Gasteiger partial charge in [0.05, 0.1) is 22.9 Å². The smallest absolute Gasteiger partial charge is 0.255 e. The van der Waals surface area contributed by atoms with E-state index in [-0.39, 0.29) is 17.3 Å². The summed E-state index contributed by atoms with van der Waals surface area (Å²) in [5.41, 5.74) is 2.67. The first-order valence-electron chi connectivity index (χ1n) is 10.4. The largest absolute Gasteiger partial charge is 0.369 e. The van der Waals surface area contributed by atoms with Crippen molar-refractivity contribution in [1.29, 1.82) is 5.26 Å². The number of hydrogen-bond acceptors (Lipinski definition) is 5. The zero-order chi connectivity index (χ0) is 23.8. The molecule has 0 saturated carbocycles. The number of anilines is 1. The van der Waals surface area contributed by atoms with Gasteiger partial charge < -0.3 is 16.0 Å². The molecule has 0 fully saturated rings. The minimum absolute atomic E-state index is 0.253. The van der Waals surface area contributed by atoms with Gasteiger partial charge >= 0.3 is 0 Å². The zero-order valence-corrected chi connectivity index (χ0v) is 18.4. The van der Waals surface area contributed by atoms with E-state index in [4.69, 9.17) is 0 Å². The fraction of sp³-hybridized carbons (Fsp3) is 0.200. The van der Waals surface area contributed by atoms with Crippen LogP contribution in [-0.2, 0) is 11.2 Å². The highest BCUT2D eigenvalue weighted by Crippen LogP contribution is 2.25. The van der Waals surface area contributed by atoms with Crippen molar-refractivity contribution in [3.63, 3.8) is 0 Å². The van der Waals surface area contributed by atoms with Crippen molar-refractivity contribution >= 4 is 17.6 Å². The van der Waals surface area contributed by atoms with Gasteiger partial charge in [-0.2, -0.15) is 5.26 Å². The Morgan fingerprint density at radius 2 is 1.91 bits per heavy atom. The lowest BCUT2D eigenvalue weighted by atomic mass is 10.0. The van der Waals surface area contributed by atoms with Crippen LogP contribution in [0.15, 0.2) is 60.7 Å². The van der Waals surface area contributed by atoms with Gasteiger partial charge in [0, 0.05) is 19.2 Å². The third-order valence-electron chi connectivity index (χ3n) is 5.05. The quantitative estimate of drug-likeness (QED) is 0.493. The molecule has 0 aliphatic carbocycles. The summed E-state index contributed by atoms with van der Waals surface area (Å²) < 4.78 is 13.5. The molecular weight excluding hydrogens is 421 g/mol. The molecule has 33 heavy (non-hydrogen) atoms. The van der Waals surface area contributed by atoms with Gasteiger partial charge in [0.25, 0.3) is 5.91 Å². The summed E-state index contributed by atoms with van der Waals surface area (Å²) in [6.07, 6.45) is 0.508. The van der Waals surface area contributed by atoms with Crippen molar-refractivity contribution in [3.05, 3.63) is 83.2 Å². The lowest BCUT2D eigenvalue weighted by Crippen LogP contribution is -2.43. The number of hydrogen-bond donors (Lipinski definition) is 3. The van der Waals surface area contributed by atoms with E-state index in [2.05, 4.69) is 27.0 Å². The zero-order valence-electron chi connectivity index (χ0n) is 18.4. The molecular formula is C25H24FN5O2. The Hall–Kier alpha value is -4.25. The topological polar surface area (TPSA) is 107 Å². The van der Waals surface area contributed by atoms with E-state index in [0.717, 1.165) is 5.56 Å². The highest BCUT2D eigenvalue weighted by atomic mass is 19.1. The van der Waals surface area contributed by atoms with Crippen LogP contribution < -0.4 is 16.0 Å². The lowest BCUT2D eigenvalue weighted by molar-refractivity contribution is -0.122. The first-order valence-corrected chi connectivity index (χ1v) is 10.4. The minimum atomic E-state index is -0.735. The molecule has 2 aromatic carbocycles. The van der Waals surface area contributed by atoms with Crippen molar-refractivity contribution in [2.75, 3.05) is 18.9 Å². The van der Waals surface area contributed by atoms with E-state index >= 15 is 0 Å². The van der Waals surface area contributed by atoms with E-state index in [0.29, 0.717) is 35.6 Å². The third-order valence-corrected chi connectivity index (χ3v) is 5.05. The summed E-state index contributed by atoms with van der Waals surface area (Å²) in [7, 11) is 1.49. The Bertz CT molecular complexity index is 1210. The molecule has 0 saturated heterocycles. The molecule has 3 N–H and O–H groups in total. The fourth-order valence-corrected chi connectivity index (χ4v) is 3.31. The number of nitrogens with zero attached hydrogens (tertiary/aromatic N) is 2. The number of carbonyl (C=O) groups is 2. The number of rotatable bonds is 8. The summed E-state index contributed by atoms with van der Waals surface area (Å²) >= 11 is 0. The van der Waals surface area contributed by atoms with Crippen molar-refractivity contribution in [3.8, 4) is 17.3 Å². The van der Waals surface area contributed by atoms with Crippen molar-refractivity contribution < 1.29 is 14.0 Å². The number of likely N-dealkylation sites (N-methyl/N-ethyl adjacent to an activating group) is 1. The van der Waals surface area contributed by atoms with E-state index in [1.165, 1.54) is 19.2 Å². The number of nitrogens with one attached hydrogen (secondary N) is 3. The van der Waals surface area contributed by atoms with E-state index < -0.39 is 11.9 Å². The Balaban J connectivity index is 1.90. The second-order valence-electron chi connectivity index (χ2n) is 7.37. The maximum atomic E-state index is 13.5. The summed E-state index contributed by atoms with van der Waals surface area (Å²) in [6, 6.07) is 18.0. The molecule has 0 aliphatic rings. The van der Waals surface area contributed by atoms with Crippen LogP contribution in [0.1, 0.15) is 28.4 Å². The number of pyridine rings is 1. The Labute approximate surface area is 191 Å². The fourth-order valence-electron chi connectivity index (χ4n) is 3.31. The molecule has 168 valence electrons. The van der Waals surface area contributed by atoms with Crippen molar-refractivity contribution in [2.24, 2.45) is 0 Å². The molecule has 0 unspecified atom stereocenters. The van der Waals surface area contributed by atoms with E-state index in [1.807, 2.05) is 6.07 Å². The minimum Gasteiger partial charge on any atom is -0.369 e. The number of carbonyl (C=O) groups excluding carboxylic acids is 2. The molecule has 0 spiro atoms. The average Bonchev–Trinajstić information content (AvgIpc) is 2.83. The van der Waals surface area contributed by atoms with Crippen LogP contribution in [-0.4, -0.2) is 36.4 Å². The maximum absolute atomic E-state index is 13.5. The molecule has 8 heteroatoms. The first kappa shape index (κ1) is 23.4. The lowest BCUT2D eigenvalue weighted by Gasteiger charge is -2.16. The number of amides is 2. The van der Waals surface area contributed by atoms with Crippen LogP contribution >= 0.6 is 0 Å². The molecule has 7 nitrogen and oxygen atoms in total. The monoisotopic (exact) mass is 445 g/mol. The molecule has 0 radical (unpaired) electrons. The average molecular weight is 445 g/mol. The molecule has 3 aromatic rings. The molecule has 0 bridgehead atoms. The number of aromatic nitrogens is 1. The summed E-state index contributed by atoms with van der Waals surface area (Å²) in [6.45, 7) is 1.98. The van der Waals surface area contributed by atoms with Crippen LogP contribution in [0, 0.1) is 17.1 Å². The van der Waals surface area contributed by atoms with E-state index in [9.17, 15) is 19.2 Å². The maximum Gasteiger partial charge on any atom is 0.255 e. The predicted molar refractivity (Wildman–Crippen MR) is 124 cm³/mol. The Morgan fingerprint density at radius 3 is 2.64 bits per heavy atom. The van der Waals surface area contributed by atoms with E-state index in [1.54, 1.807) is 49.4 Å². The second kappa shape index (κ2) is 10.9. The first-order chi connectivity index (χ1) is 15.9. The summed E-state index contributed by atoms with van der Waals surface area (Å²) in [4.78, 5) is 29.3. The summed E-state index contributed by atoms with van der Waals surface area (Å²) in [5, 5.41) is 17.7. The van der Waals surface area contributed by atoms with Gasteiger partial charge in [-0.25, -0.2) is 9.37 Å². The highest BCUT2D eigenvalue weighted by molar-refractivity contribution is 6.01. The molecule has 1 heterocycles. The van der Waals surface area contributed by atoms with Crippen molar-refractivity contribution in [1.82, 2.24) is 15.6 Å². The van der Waals surface area contributed by atoms with Crippen LogP contribution in [0.2, 0.25) is 0 Å². The number of halogens is 1. The predicted octanol–water partition coefficient (Wildman–Crippen LogP) is 3.28. The van der Waals surface area contributed by atoms with Crippen molar-refractivity contribution in [2.45, 2.75) is 19.4 Å². The highest BCUT2D eigenvalue weighted by Gasteiger charge is 2.20. The van der Waals surface area contributed by atoms with Gasteiger partial charge in [0.1, 0.15) is 17.7 Å².